The zero-order valence-electron chi connectivity index (χ0n) is 8.72. The van der Waals surface area contributed by atoms with Crippen LogP contribution < -0.4 is 0 Å². The summed E-state index contributed by atoms with van der Waals surface area (Å²) in [6.45, 7) is 3.47. The molecule has 0 heterocycles. The monoisotopic (exact) mass is 194 g/mol. The van der Waals surface area contributed by atoms with Crippen molar-refractivity contribution in [3.05, 3.63) is 22.8 Å². The number of allylic oxidation sites excluding steroid dienone is 3. The highest BCUT2D eigenvalue weighted by atomic mass is 16.5. The molecule has 0 N–H and O–H groups in total. The van der Waals surface area contributed by atoms with Crippen LogP contribution in [0.5, 0.6) is 0 Å². The molecule has 0 saturated heterocycles. The van der Waals surface area contributed by atoms with Gasteiger partial charge in [-0.2, -0.15) is 0 Å². The quantitative estimate of drug-likeness (QED) is 0.472. The molecule has 0 bridgehead atoms. The molecule has 0 aromatic carbocycles. The van der Waals surface area contributed by atoms with Gasteiger partial charge in [0.2, 0.25) is 0 Å². The molecule has 3 nitrogen and oxygen atoms in total. The third kappa shape index (κ3) is 1.92. The second-order valence-corrected chi connectivity index (χ2v) is 3.34. The Bertz CT molecular complexity index is 334. The highest BCUT2D eigenvalue weighted by molar-refractivity contribution is 6.07. The number of ether oxygens (including phenoxy) is 1. The number of esters is 1. The van der Waals surface area contributed by atoms with Gasteiger partial charge in [-0.05, 0) is 25.8 Å². The van der Waals surface area contributed by atoms with E-state index in [1.165, 1.54) is 7.11 Å². The number of hydrogen-bond acceptors (Lipinski definition) is 3. The molecule has 0 aromatic rings. The van der Waals surface area contributed by atoms with Gasteiger partial charge in [-0.15, -0.1) is 0 Å². The van der Waals surface area contributed by atoms with E-state index in [4.69, 9.17) is 0 Å². The zero-order chi connectivity index (χ0) is 10.7. The highest BCUT2D eigenvalue weighted by Crippen LogP contribution is 2.23. The van der Waals surface area contributed by atoms with Crippen molar-refractivity contribution in [3.63, 3.8) is 0 Å². The van der Waals surface area contributed by atoms with Crippen LogP contribution in [0.15, 0.2) is 22.8 Å². The average Bonchev–Trinajstić information content (AvgIpc) is 2.16. The number of rotatable bonds is 1. The third-order valence-corrected chi connectivity index (χ3v) is 2.36. The number of ketones is 1. The van der Waals surface area contributed by atoms with Gasteiger partial charge < -0.3 is 4.74 Å². The van der Waals surface area contributed by atoms with Crippen molar-refractivity contribution >= 4 is 11.8 Å². The molecule has 0 aromatic heterocycles. The molecule has 0 saturated carbocycles. The first-order chi connectivity index (χ1) is 6.57. The molecule has 14 heavy (non-hydrogen) atoms. The van der Waals surface area contributed by atoms with Crippen LogP contribution in [0.2, 0.25) is 0 Å². The number of hydrogen-bond donors (Lipinski definition) is 0. The van der Waals surface area contributed by atoms with Crippen LogP contribution in [0.3, 0.4) is 0 Å². The number of methoxy groups -OCH3 is 1. The van der Waals surface area contributed by atoms with Gasteiger partial charge in [0.05, 0.1) is 7.11 Å². The normalized spacial score (nSPS) is 20.2. The minimum absolute atomic E-state index is 0.0351. The first-order valence-corrected chi connectivity index (χ1v) is 4.57. The maximum atomic E-state index is 11.6. The number of carbonyl (C=O) groups excluding carboxylic acids is 2. The molecule has 0 amide bonds. The van der Waals surface area contributed by atoms with Gasteiger partial charge in [-0.3, -0.25) is 4.79 Å². The van der Waals surface area contributed by atoms with Gasteiger partial charge >= 0.3 is 5.97 Å². The van der Waals surface area contributed by atoms with Crippen LogP contribution in [0.1, 0.15) is 26.7 Å². The topological polar surface area (TPSA) is 43.4 Å². The van der Waals surface area contributed by atoms with E-state index >= 15 is 0 Å². The van der Waals surface area contributed by atoms with Gasteiger partial charge in [0.25, 0.3) is 0 Å². The molecule has 1 rings (SSSR count). The third-order valence-electron chi connectivity index (χ3n) is 2.36. The Balaban J connectivity index is 3.15. The van der Waals surface area contributed by atoms with Gasteiger partial charge in [-0.1, -0.05) is 6.08 Å². The first kappa shape index (κ1) is 10.7. The Hall–Kier alpha value is -1.38. The van der Waals surface area contributed by atoms with Gasteiger partial charge in [0, 0.05) is 17.6 Å². The zero-order valence-corrected chi connectivity index (χ0v) is 8.72. The predicted octanol–water partition coefficient (Wildman–Crippen LogP) is 1.79. The van der Waals surface area contributed by atoms with E-state index in [2.05, 4.69) is 4.74 Å². The van der Waals surface area contributed by atoms with Crippen molar-refractivity contribution in [2.75, 3.05) is 7.11 Å². The highest BCUT2D eigenvalue weighted by Gasteiger charge is 2.21. The summed E-state index contributed by atoms with van der Waals surface area (Å²) in [6, 6.07) is 0. The largest absolute Gasteiger partial charge is 0.466 e. The SMILES string of the molecule is COC(=O)/C(C)=C1\C(=O)CCC=C1C. The number of carbonyl (C=O) groups is 2. The molecular formula is C11H14O3. The molecule has 0 atom stereocenters. The molecule has 1 aliphatic carbocycles. The average molecular weight is 194 g/mol. The molecular weight excluding hydrogens is 180 g/mol. The lowest BCUT2D eigenvalue weighted by Gasteiger charge is -2.14. The lowest BCUT2D eigenvalue weighted by atomic mass is 9.90. The van der Waals surface area contributed by atoms with E-state index in [1.807, 2.05) is 13.0 Å². The lowest BCUT2D eigenvalue weighted by Crippen LogP contribution is -2.15. The maximum absolute atomic E-state index is 11.6. The Morgan fingerprint density at radius 1 is 1.50 bits per heavy atom. The summed E-state index contributed by atoms with van der Waals surface area (Å²) < 4.78 is 4.59. The summed E-state index contributed by atoms with van der Waals surface area (Å²) in [7, 11) is 1.32. The van der Waals surface area contributed by atoms with Gasteiger partial charge in [-0.25, -0.2) is 4.79 Å². The summed E-state index contributed by atoms with van der Waals surface area (Å²) in [5.74, 6) is -0.393. The standard InChI is InChI=1S/C11H14O3/c1-7-5-4-6-9(12)10(7)8(2)11(13)14-3/h5H,4,6H2,1-3H3/b10-8-. The lowest BCUT2D eigenvalue weighted by molar-refractivity contribution is -0.136. The van der Waals surface area contributed by atoms with E-state index in [9.17, 15) is 9.59 Å². The first-order valence-electron chi connectivity index (χ1n) is 4.57. The Labute approximate surface area is 83.4 Å². The maximum Gasteiger partial charge on any atom is 0.334 e. The fourth-order valence-electron chi connectivity index (χ4n) is 1.63. The van der Waals surface area contributed by atoms with E-state index in [0.29, 0.717) is 17.6 Å². The summed E-state index contributed by atoms with van der Waals surface area (Å²) in [6.07, 6.45) is 3.23. The summed E-state index contributed by atoms with van der Waals surface area (Å²) in [5.41, 5.74) is 1.82. The van der Waals surface area contributed by atoms with Crippen molar-refractivity contribution in [1.29, 1.82) is 0 Å². The fourth-order valence-corrected chi connectivity index (χ4v) is 1.63. The van der Waals surface area contributed by atoms with Crippen molar-refractivity contribution in [2.24, 2.45) is 0 Å². The van der Waals surface area contributed by atoms with E-state index in [-0.39, 0.29) is 5.78 Å². The molecule has 1 aliphatic rings. The Morgan fingerprint density at radius 3 is 2.64 bits per heavy atom. The fraction of sp³-hybridized carbons (Fsp3) is 0.455. The molecule has 0 unspecified atom stereocenters. The molecule has 0 spiro atoms. The molecule has 0 radical (unpaired) electrons. The summed E-state index contributed by atoms with van der Waals surface area (Å²) >= 11 is 0. The van der Waals surface area contributed by atoms with Crippen molar-refractivity contribution in [2.45, 2.75) is 26.7 Å². The van der Waals surface area contributed by atoms with Crippen LogP contribution >= 0.6 is 0 Å². The molecule has 3 heteroatoms. The summed E-state index contributed by atoms with van der Waals surface area (Å²) in [4.78, 5) is 22.8. The van der Waals surface area contributed by atoms with Crippen molar-refractivity contribution in [3.8, 4) is 0 Å². The van der Waals surface area contributed by atoms with Crippen molar-refractivity contribution in [1.82, 2.24) is 0 Å². The van der Waals surface area contributed by atoms with Crippen LogP contribution in [0.4, 0.5) is 0 Å². The van der Waals surface area contributed by atoms with Crippen LogP contribution in [0.25, 0.3) is 0 Å². The molecule has 0 fully saturated rings. The molecule has 0 aliphatic heterocycles. The van der Waals surface area contributed by atoms with E-state index in [0.717, 1.165) is 12.0 Å². The van der Waals surface area contributed by atoms with Gasteiger partial charge in [0.15, 0.2) is 5.78 Å². The van der Waals surface area contributed by atoms with Crippen LogP contribution in [-0.2, 0) is 14.3 Å². The summed E-state index contributed by atoms with van der Waals surface area (Å²) in [5, 5.41) is 0. The molecule has 76 valence electrons. The second kappa shape index (κ2) is 4.22. The van der Waals surface area contributed by atoms with Crippen LogP contribution in [-0.4, -0.2) is 18.9 Å². The van der Waals surface area contributed by atoms with E-state index < -0.39 is 5.97 Å². The Kier molecular flexibility index (Phi) is 3.23. The van der Waals surface area contributed by atoms with Gasteiger partial charge in [0.1, 0.15) is 0 Å². The van der Waals surface area contributed by atoms with E-state index in [1.54, 1.807) is 6.92 Å². The predicted molar refractivity (Wildman–Crippen MR) is 52.7 cm³/mol. The Morgan fingerprint density at radius 2 is 2.14 bits per heavy atom. The number of Topliss-reactive ketones (excluding diaryl/α,β-unsaturated/α-hetero) is 1. The second-order valence-electron chi connectivity index (χ2n) is 3.34. The van der Waals surface area contributed by atoms with Crippen molar-refractivity contribution < 1.29 is 14.3 Å². The minimum atomic E-state index is -0.428. The van der Waals surface area contributed by atoms with Crippen LogP contribution in [0, 0.1) is 0 Å². The minimum Gasteiger partial charge on any atom is -0.466 e. The smallest absolute Gasteiger partial charge is 0.334 e.